The predicted octanol–water partition coefficient (Wildman–Crippen LogP) is 2.73. The zero-order chi connectivity index (χ0) is 19.6. The number of anilines is 1. The van der Waals surface area contributed by atoms with Crippen molar-refractivity contribution in [2.45, 2.75) is 33.0 Å². The minimum atomic E-state index is -3.73. The van der Waals surface area contributed by atoms with Gasteiger partial charge in [-0.1, -0.05) is 5.16 Å². The van der Waals surface area contributed by atoms with Crippen LogP contribution in [0.4, 0.5) is 14.5 Å². The summed E-state index contributed by atoms with van der Waals surface area (Å²) in [5.74, 6) is -0.883. The van der Waals surface area contributed by atoms with E-state index in [4.69, 9.17) is 9.26 Å². The molecule has 10 heteroatoms. The molecule has 0 aliphatic carbocycles. The van der Waals surface area contributed by atoms with Crippen molar-refractivity contribution in [1.82, 2.24) is 5.16 Å². The molecule has 3 rings (SSSR count). The summed E-state index contributed by atoms with van der Waals surface area (Å²) in [6.07, 6.45) is -3.28. The second-order valence-electron chi connectivity index (χ2n) is 5.84. The molecule has 0 radical (unpaired) electrons. The largest absolute Gasteiger partial charge is 0.586 e. The number of carbonyl (C=O) groups is 2. The summed E-state index contributed by atoms with van der Waals surface area (Å²) in [4.78, 5) is 23.6. The van der Waals surface area contributed by atoms with E-state index in [1.54, 1.807) is 13.8 Å². The van der Waals surface area contributed by atoms with E-state index in [1.807, 2.05) is 0 Å². The number of esters is 1. The van der Waals surface area contributed by atoms with Gasteiger partial charge in [-0.3, -0.25) is 9.59 Å². The van der Waals surface area contributed by atoms with Crippen molar-refractivity contribution in [2.24, 2.45) is 0 Å². The van der Waals surface area contributed by atoms with Crippen molar-refractivity contribution in [3.63, 3.8) is 0 Å². The van der Waals surface area contributed by atoms with Crippen molar-refractivity contribution in [2.75, 3.05) is 11.9 Å². The number of hydrogen-bond acceptors (Lipinski definition) is 7. The highest BCUT2D eigenvalue weighted by atomic mass is 19.3. The standard InChI is InChI=1S/C17H16F2N2O6/c1-9-12(10(2)27-21-9)4-6-16(23)24-8-15(22)20-11-3-5-13-14(7-11)26-17(18,19)25-13/h3,5,7H,4,6,8H2,1-2H3,(H,20,22). The number of rotatable bonds is 6. The lowest BCUT2D eigenvalue weighted by Crippen LogP contribution is -2.25. The first kappa shape index (κ1) is 18.6. The lowest BCUT2D eigenvalue weighted by molar-refractivity contribution is -0.286. The highest BCUT2D eigenvalue weighted by Gasteiger charge is 2.43. The summed E-state index contributed by atoms with van der Waals surface area (Å²) in [7, 11) is 0. The van der Waals surface area contributed by atoms with Gasteiger partial charge in [0, 0.05) is 23.7 Å². The predicted molar refractivity (Wildman–Crippen MR) is 86.5 cm³/mol. The van der Waals surface area contributed by atoms with E-state index in [9.17, 15) is 18.4 Å². The molecule has 0 fully saturated rings. The Morgan fingerprint density at radius 1 is 1.22 bits per heavy atom. The third-order valence-electron chi connectivity index (χ3n) is 3.81. The van der Waals surface area contributed by atoms with Crippen LogP contribution < -0.4 is 14.8 Å². The molecule has 8 nitrogen and oxygen atoms in total. The molecule has 1 aliphatic rings. The van der Waals surface area contributed by atoms with Gasteiger partial charge in [-0.25, -0.2) is 0 Å². The molecule has 1 N–H and O–H groups in total. The Hall–Kier alpha value is -3.17. The molecule has 0 unspecified atom stereocenters. The van der Waals surface area contributed by atoms with Crippen LogP contribution in [0.15, 0.2) is 22.7 Å². The van der Waals surface area contributed by atoms with Crippen molar-refractivity contribution < 1.29 is 37.1 Å². The summed E-state index contributed by atoms with van der Waals surface area (Å²) >= 11 is 0. The monoisotopic (exact) mass is 382 g/mol. The molecule has 2 aromatic rings. The lowest BCUT2D eigenvalue weighted by Gasteiger charge is -2.07. The van der Waals surface area contributed by atoms with E-state index in [-0.39, 0.29) is 23.6 Å². The first-order valence-corrected chi connectivity index (χ1v) is 8.00. The molecule has 0 saturated heterocycles. The van der Waals surface area contributed by atoms with Gasteiger partial charge >= 0.3 is 12.3 Å². The van der Waals surface area contributed by atoms with Crippen molar-refractivity contribution in [3.05, 3.63) is 35.2 Å². The highest BCUT2D eigenvalue weighted by Crippen LogP contribution is 2.42. The van der Waals surface area contributed by atoms with Gasteiger partial charge in [0.1, 0.15) is 5.76 Å². The van der Waals surface area contributed by atoms with E-state index in [0.717, 1.165) is 5.56 Å². The number of carbonyl (C=O) groups excluding carboxylic acids is 2. The van der Waals surface area contributed by atoms with Gasteiger partial charge in [0.15, 0.2) is 18.1 Å². The fourth-order valence-corrected chi connectivity index (χ4v) is 2.53. The molecular formula is C17H16F2N2O6. The van der Waals surface area contributed by atoms with Gasteiger partial charge < -0.3 is 24.1 Å². The maximum absolute atomic E-state index is 13.0. The SMILES string of the molecule is Cc1noc(C)c1CCC(=O)OCC(=O)Nc1ccc2c(c1)OC(F)(F)O2. The number of nitrogens with one attached hydrogen (secondary N) is 1. The van der Waals surface area contributed by atoms with Crippen LogP contribution in [0.1, 0.15) is 23.4 Å². The van der Waals surface area contributed by atoms with Gasteiger partial charge in [-0.15, -0.1) is 8.78 Å². The van der Waals surface area contributed by atoms with Crippen LogP contribution in [0.3, 0.4) is 0 Å². The Labute approximate surface area is 152 Å². The van der Waals surface area contributed by atoms with Crippen molar-refractivity contribution >= 4 is 17.6 Å². The molecule has 0 bridgehead atoms. The number of nitrogens with zero attached hydrogens (tertiary/aromatic N) is 1. The zero-order valence-corrected chi connectivity index (χ0v) is 14.5. The molecule has 1 aliphatic heterocycles. The number of alkyl halides is 2. The smallest absolute Gasteiger partial charge is 0.456 e. The number of benzene rings is 1. The third kappa shape index (κ3) is 4.52. The summed E-state index contributed by atoms with van der Waals surface area (Å²) in [5, 5.41) is 6.21. The third-order valence-corrected chi connectivity index (χ3v) is 3.81. The average molecular weight is 382 g/mol. The van der Waals surface area contributed by atoms with Crippen LogP contribution in [0.2, 0.25) is 0 Å². The first-order chi connectivity index (χ1) is 12.7. The number of fused-ring (bicyclic) bond motifs is 1. The summed E-state index contributed by atoms with van der Waals surface area (Å²) in [6.45, 7) is 3.01. The Bertz CT molecular complexity index is 861. The number of amides is 1. The molecular weight excluding hydrogens is 366 g/mol. The fraction of sp³-hybridized carbons (Fsp3) is 0.353. The molecule has 0 spiro atoms. The number of halogens is 2. The van der Waals surface area contributed by atoms with E-state index in [2.05, 4.69) is 19.9 Å². The summed E-state index contributed by atoms with van der Waals surface area (Å²) < 4.78 is 44.4. The van der Waals surface area contributed by atoms with Gasteiger partial charge in [-0.2, -0.15) is 0 Å². The van der Waals surface area contributed by atoms with Crippen molar-refractivity contribution in [3.8, 4) is 11.5 Å². The van der Waals surface area contributed by atoms with Crippen LogP contribution in [0.5, 0.6) is 11.5 Å². The summed E-state index contributed by atoms with van der Waals surface area (Å²) in [6, 6.07) is 3.79. The second-order valence-corrected chi connectivity index (χ2v) is 5.84. The molecule has 1 aromatic carbocycles. The summed E-state index contributed by atoms with van der Waals surface area (Å²) in [5.41, 5.74) is 1.73. The Kier molecular flexibility index (Phi) is 4.98. The van der Waals surface area contributed by atoms with Gasteiger partial charge in [-0.05, 0) is 32.4 Å². The molecule has 1 amide bonds. The average Bonchev–Trinajstić information content (AvgIpc) is 3.08. The quantitative estimate of drug-likeness (QED) is 0.767. The number of hydrogen-bond donors (Lipinski definition) is 1. The number of aromatic nitrogens is 1. The van der Waals surface area contributed by atoms with Gasteiger partial charge in [0.25, 0.3) is 5.91 Å². The first-order valence-electron chi connectivity index (χ1n) is 8.00. The highest BCUT2D eigenvalue weighted by molar-refractivity contribution is 5.93. The van der Waals surface area contributed by atoms with E-state index < -0.39 is 24.8 Å². The van der Waals surface area contributed by atoms with Crippen LogP contribution in [0.25, 0.3) is 0 Å². The molecule has 0 atom stereocenters. The van der Waals surface area contributed by atoms with E-state index >= 15 is 0 Å². The van der Waals surface area contributed by atoms with Gasteiger partial charge in [0.05, 0.1) is 5.69 Å². The zero-order valence-electron chi connectivity index (χ0n) is 14.5. The molecule has 144 valence electrons. The molecule has 1 aromatic heterocycles. The Balaban J connectivity index is 1.45. The number of aryl methyl sites for hydroxylation is 2. The molecule has 2 heterocycles. The normalized spacial score (nSPS) is 14.1. The van der Waals surface area contributed by atoms with Crippen LogP contribution >= 0.6 is 0 Å². The minimum absolute atomic E-state index is 0.0648. The lowest BCUT2D eigenvalue weighted by atomic mass is 10.1. The Morgan fingerprint density at radius 3 is 2.67 bits per heavy atom. The van der Waals surface area contributed by atoms with E-state index in [1.165, 1.54) is 18.2 Å². The maximum Gasteiger partial charge on any atom is 0.586 e. The van der Waals surface area contributed by atoms with E-state index in [0.29, 0.717) is 17.9 Å². The minimum Gasteiger partial charge on any atom is -0.456 e. The molecule has 27 heavy (non-hydrogen) atoms. The number of ether oxygens (including phenoxy) is 3. The second kappa shape index (κ2) is 7.22. The van der Waals surface area contributed by atoms with Gasteiger partial charge in [0.2, 0.25) is 0 Å². The molecule has 0 saturated carbocycles. The van der Waals surface area contributed by atoms with Crippen LogP contribution in [0, 0.1) is 13.8 Å². The topological polar surface area (TPSA) is 99.9 Å². The van der Waals surface area contributed by atoms with Crippen molar-refractivity contribution in [1.29, 1.82) is 0 Å². The Morgan fingerprint density at radius 2 is 1.96 bits per heavy atom. The van der Waals surface area contributed by atoms with Crippen LogP contribution in [-0.2, 0) is 20.7 Å². The fourth-order valence-electron chi connectivity index (χ4n) is 2.53. The maximum atomic E-state index is 13.0. The van der Waals surface area contributed by atoms with Crippen LogP contribution in [-0.4, -0.2) is 29.9 Å².